The fraction of sp³-hybridized carbons (Fsp3) is 0.714. The third-order valence-electron chi connectivity index (χ3n) is 1.11. The molecule has 0 amide bonds. The maximum absolute atomic E-state index is 5.49. The summed E-state index contributed by atoms with van der Waals surface area (Å²) in [6, 6.07) is 0. The molecular weight excluding hydrogens is 134 g/mol. The van der Waals surface area contributed by atoms with Crippen molar-refractivity contribution in [2.45, 2.75) is 6.42 Å². The number of likely N-dealkylation sites (N-methyl/N-ethyl adjacent to an activating group) is 1. The van der Waals surface area contributed by atoms with E-state index in [1.807, 2.05) is 6.08 Å². The molecule has 0 atom stereocenters. The van der Waals surface area contributed by atoms with E-state index in [4.69, 9.17) is 11.6 Å². The normalized spacial score (nSPS) is 10.1. The Kier molecular flexibility index (Phi) is 6.11. The number of rotatable bonds is 5. The van der Waals surface area contributed by atoms with Crippen LogP contribution in [-0.2, 0) is 0 Å². The molecule has 0 heterocycles. The van der Waals surface area contributed by atoms with E-state index in [2.05, 4.69) is 18.5 Å². The van der Waals surface area contributed by atoms with Crippen molar-refractivity contribution >= 4 is 11.6 Å². The van der Waals surface area contributed by atoms with Crippen LogP contribution in [-0.4, -0.2) is 30.9 Å². The summed E-state index contributed by atoms with van der Waals surface area (Å²) < 4.78 is 0. The van der Waals surface area contributed by atoms with E-state index in [0.717, 1.165) is 25.4 Å². The minimum absolute atomic E-state index is 0.751. The zero-order valence-corrected chi connectivity index (χ0v) is 6.69. The third-order valence-corrected chi connectivity index (χ3v) is 1.38. The van der Waals surface area contributed by atoms with Crippen LogP contribution in [0.3, 0.4) is 0 Å². The summed E-state index contributed by atoms with van der Waals surface area (Å²) in [6.07, 6.45) is 2.96. The van der Waals surface area contributed by atoms with Crippen molar-refractivity contribution in [3.63, 3.8) is 0 Å². The number of hydrogen-bond donors (Lipinski definition) is 0. The van der Waals surface area contributed by atoms with Gasteiger partial charge in [-0.2, -0.15) is 0 Å². The second-order valence-electron chi connectivity index (χ2n) is 2.09. The van der Waals surface area contributed by atoms with Crippen LogP contribution in [0.4, 0.5) is 0 Å². The van der Waals surface area contributed by atoms with Crippen LogP contribution < -0.4 is 0 Å². The van der Waals surface area contributed by atoms with E-state index in [0.29, 0.717) is 0 Å². The van der Waals surface area contributed by atoms with Gasteiger partial charge in [0.15, 0.2) is 0 Å². The minimum Gasteiger partial charge on any atom is -0.303 e. The van der Waals surface area contributed by atoms with Gasteiger partial charge in [-0.05, 0) is 20.0 Å². The van der Waals surface area contributed by atoms with Crippen molar-refractivity contribution in [1.29, 1.82) is 0 Å². The highest BCUT2D eigenvalue weighted by atomic mass is 35.5. The van der Waals surface area contributed by atoms with Crippen molar-refractivity contribution in [1.82, 2.24) is 4.90 Å². The molecule has 0 aromatic heterocycles. The molecular formula is C7H14ClN. The molecule has 0 aliphatic carbocycles. The predicted molar refractivity (Wildman–Crippen MR) is 43.0 cm³/mol. The third kappa shape index (κ3) is 5.87. The van der Waals surface area contributed by atoms with Crippen molar-refractivity contribution in [3.05, 3.63) is 12.7 Å². The summed E-state index contributed by atoms with van der Waals surface area (Å²) in [5.74, 6) is 0.751. The lowest BCUT2D eigenvalue weighted by Crippen LogP contribution is -2.19. The van der Waals surface area contributed by atoms with Crippen LogP contribution in [0.5, 0.6) is 0 Å². The first-order valence-corrected chi connectivity index (χ1v) is 3.70. The van der Waals surface area contributed by atoms with E-state index in [1.165, 1.54) is 0 Å². The highest BCUT2D eigenvalue weighted by molar-refractivity contribution is 6.17. The first-order valence-electron chi connectivity index (χ1n) is 3.16. The Morgan fingerprint density at radius 3 is 2.78 bits per heavy atom. The molecule has 0 bridgehead atoms. The largest absolute Gasteiger partial charge is 0.303 e. The lowest BCUT2D eigenvalue weighted by Gasteiger charge is -2.11. The number of hydrogen-bond acceptors (Lipinski definition) is 1. The molecule has 0 N–H and O–H groups in total. The van der Waals surface area contributed by atoms with Gasteiger partial charge in [-0.15, -0.1) is 18.2 Å². The first kappa shape index (κ1) is 8.99. The Labute approximate surface area is 62.3 Å². The van der Waals surface area contributed by atoms with Gasteiger partial charge >= 0.3 is 0 Å². The van der Waals surface area contributed by atoms with Gasteiger partial charge < -0.3 is 4.90 Å². The van der Waals surface area contributed by atoms with E-state index in [-0.39, 0.29) is 0 Å². The summed E-state index contributed by atoms with van der Waals surface area (Å²) in [6.45, 7) is 5.65. The average molecular weight is 148 g/mol. The van der Waals surface area contributed by atoms with Crippen molar-refractivity contribution in [3.8, 4) is 0 Å². The van der Waals surface area contributed by atoms with Gasteiger partial charge in [-0.3, -0.25) is 0 Å². The smallest absolute Gasteiger partial charge is 0.0235 e. The van der Waals surface area contributed by atoms with Crippen LogP contribution in [0.15, 0.2) is 12.7 Å². The van der Waals surface area contributed by atoms with Gasteiger partial charge in [-0.1, -0.05) is 6.08 Å². The highest BCUT2D eigenvalue weighted by Crippen LogP contribution is 1.88. The van der Waals surface area contributed by atoms with Crippen LogP contribution >= 0.6 is 11.6 Å². The van der Waals surface area contributed by atoms with E-state index in [1.54, 1.807) is 0 Å². The van der Waals surface area contributed by atoms with E-state index >= 15 is 0 Å². The molecule has 0 rings (SSSR count). The van der Waals surface area contributed by atoms with Gasteiger partial charge in [0.1, 0.15) is 0 Å². The zero-order chi connectivity index (χ0) is 7.11. The maximum Gasteiger partial charge on any atom is 0.0235 e. The Hall–Kier alpha value is -0.0100. The van der Waals surface area contributed by atoms with Crippen LogP contribution in [0.25, 0.3) is 0 Å². The zero-order valence-electron chi connectivity index (χ0n) is 5.94. The van der Waals surface area contributed by atoms with Gasteiger partial charge in [0.05, 0.1) is 0 Å². The second-order valence-corrected chi connectivity index (χ2v) is 2.47. The lowest BCUT2D eigenvalue weighted by molar-refractivity contribution is 0.372. The Balaban J connectivity index is 3.04. The topological polar surface area (TPSA) is 3.24 Å². The Morgan fingerprint density at radius 2 is 2.33 bits per heavy atom. The molecule has 0 aliphatic heterocycles. The molecule has 0 fully saturated rings. The molecule has 0 unspecified atom stereocenters. The summed E-state index contributed by atoms with van der Waals surface area (Å²) in [4.78, 5) is 2.19. The standard InChI is InChI=1S/C7H14ClN/c1-3-6-9(2)7-4-5-8/h3H,1,4-7H2,2H3. The van der Waals surface area contributed by atoms with Crippen LogP contribution in [0, 0.1) is 0 Å². The molecule has 0 saturated carbocycles. The van der Waals surface area contributed by atoms with Crippen molar-refractivity contribution in [2.24, 2.45) is 0 Å². The van der Waals surface area contributed by atoms with Crippen LogP contribution in [0.1, 0.15) is 6.42 Å². The molecule has 9 heavy (non-hydrogen) atoms. The highest BCUT2D eigenvalue weighted by Gasteiger charge is 1.91. The summed E-state index contributed by atoms with van der Waals surface area (Å²) in [7, 11) is 2.06. The van der Waals surface area contributed by atoms with Crippen molar-refractivity contribution < 1.29 is 0 Å². The SMILES string of the molecule is C=CCN(C)CCCCl. The Morgan fingerprint density at radius 1 is 1.67 bits per heavy atom. The van der Waals surface area contributed by atoms with E-state index < -0.39 is 0 Å². The summed E-state index contributed by atoms with van der Waals surface area (Å²) >= 11 is 5.49. The average Bonchev–Trinajstić information content (AvgIpc) is 1.85. The van der Waals surface area contributed by atoms with Crippen LogP contribution in [0.2, 0.25) is 0 Å². The minimum atomic E-state index is 0.751. The summed E-state index contributed by atoms with van der Waals surface area (Å²) in [5, 5.41) is 0. The Bertz CT molecular complexity index is 73.3. The number of halogens is 1. The van der Waals surface area contributed by atoms with Gasteiger partial charge in [0.25, 0.3) is 0 Å². The van der Waals surface area contributed by atoms with Crippen molar-refractivity contribution in [2.75, 3.05) is 26.0 Å². The monoisotopic (exact) mass is 147 g/mol. The number of alkyl halides is 1. The van der Waals surface area contributed by atoms with Gasteiger partial charge in [0, 0.05) is 12.4 Å². The molecule has 0 radical (unpaired) electrons. The fourth-order valence-electron chi connectivity index (χ4n) is 0.641. The lowest BCUT2D eigenvalue weighted by atomic mass is 10.4. The van der Waals surface area contributed by atoms with E-state index in [9.17, 15) is 0 Å². The number of nitrogens with zero attached hydrogens (tertiary/aromatic N) is 1. The predicted octanol–water partition coefficient (Wildman–Crippen LogP) is 1.73. The second kappa shape index (κ2) is 6.12. The molecule has 0 aliphatic rings. The molecule has 0 aromatic carbocycles. The molecule has 2 heteroatoms. The molecule has 0 spiro atoms. The maximum atomic E-state index is 5.49. The molecule has 1 nitrogen and oxygen atoms in total. The van der Waals surface area contributed by atoms with Gasteiger partial charge in [0.2, 0.25) is 0 Å². The molecule has 54 valence electrons. The quantitative estimate of drug-likeness (QED) is 0.423. The first-order chi connectivity index (χ1) is 4.31. The van der Waals surface area contributed by atoms with Gasteiger partial charge in [-0.25, -0.2) is 0 Å². The fourth-order valence-corrected chi connectivity index (χ4v) is 0.761. The molecule has 0 saturated heterocycles. The summed E-state index contributed by atoms with van der Waals surface area (Å²) in [5.41, 5.74) is 0. The molecule has 0 aromatic rings.